The van der Waals surface area contributed by atoms with E-state index >= 15 is 0 Å². The van der Waals surface area contributed by atoms with Crippen molar-refractivity contribution in [3.8, 4) is 0 Å². The molecule has 9 heteroatoms. The fourth-order valence-corrected chi connectivity index (χ4v) is 4.79. The number of carbonyl (C=O) groups is 3. The number of hydrogen-bond acceptors (Lipinski definition) is 5. The molecule has 3 aromatic carbocycles. The zero-order valence-corrected chi connectivity index (χ0v) is 21.4. The first kappa shape index (κ1) is 27.8. The normalized spacial score (nSPS) is 20.7. The van der Waals surface area contributed by atoms with Crippen molar-refractivity contribution in [1.82, 2.24) is 9.80 Å². The summed E-state index contributed by atoms with van der Waals surface area (Å²) in [5, 5.41) is 10.9. The summed E-state index contributed by atoms with van der Waals surface area (Å²) in [5.74, 6) is -5.55. The molecule has 39 heavy (non-hydrogen) atoms. The predicted molar refractivity (Wildman–Crippen MR) is 141 cm³/mol. The van der Waals surface area contributed by atoms with E-state index in [0.29, 0.717) is 16.5 Å². The number of carbonyl (C=O) groups excluding carboxylic acids is 3. The molecule has 0 saturated heterocycles. The van der Waals surface area contributed by atoms with Gasteiger partial charge in [0.05, 0.1) is 12.1 Å². The monoisotopic (exact) mass is 533 g/mol. The second kappa shape index (κ2) is 11.7. The van der Waals surface area contributed by atoms with Gasteiger partial charge >= 0.3 is 0 Å². The summed E-state index contributed by atoms with van der Waals surface area (Å²) < 4.78 is 27.8. The van der Waals surface area contributed by atoms with Crippen molar-refractivity contribution < 1.29 is 28.3 Å². The molecule has 0 aromatic heterocycles. The minimum Gasteiger partial charge on any atom is -0.378 e. The SMILES string of the molecule is C[C@H](N)C(=O)N(C(=O)[C@@H](O)c1cc(F)cc(F)c1)[C@@H]1C(=O)N(C)[C@H](c2ccccc2)C=C[C@@H]1c1ccccc1. The second-order valence-corrected chi connectivity index (χ2v) is 9.51. The van der Waals surface area contributed by atoms with Crippen LogP contribution in [0.15, 0.2) is 91.0 Å². The van der Waals surface area contributed by atoms with E-state index in [9.17, 15) is 28.3 Å². The van der Waals surface area contributed by atoms with Crippen molar-refractivity contribution >= 4 is 17.7 Å². The molecule has 0 saturated carbocycles. The van der Waals surface area contributed by atoms with Crippen LogP contribution in [0.25, 0.3) is 0 Å². The van der Waals surface area contributed by atoms with Gasteiger partial charge in [-0.2, -0.15) is 0 Å². The lowest BCUT2D eigenvalue weighted by Gasteiger charge is -2.37. The van der Waals surface area contributed by atoms with Crippen LogP contribution in [0.5, 0.6) is 0 Å². The highest BCUT2D eigenvalue weighted by atomic mass is 19.1. The molecule has 5 atom stereocenters. The number of rotatable bonds is 6. The quantitative estimate of drug-likeness (QED) is 0.471. The fraction of sp³-hybridized carbons (Fsp3) is 0.233. The summed E-state index contributed by atoms with van der Waals surface area (Å²) in [5.41, 5.74) is 6.95. The van der Waals surface area contributed by atoms with Gasteiger partial charge in [0.1, 0.15) is 17.7 Å². The number of aliphatic hydroxyl groups excluding tert-OH is 1. The van der Waals surface area contributed by atoms with E-state index in [0.717, 1.165) is 17.7 Å². The number of nitrogens with zero attached hydrogens (tertiary/aromatic N) is 2. The number of nitrogens with two attached hydrogens (primary N) is 1. The Balaban J connectivity index is 1.86. The number of benzene rings is 3. The molecule has 4 rings (SSSR count). The number of halogens is 2. The van der Waals surface area contributed by atoms with Crippen molar-refractivity contribution in [3.05, 3.63) is 119 Å². The molecule has 1 heterocycles. The maximum absolute atomic E-state index is 14.2. The Hall–Kier alpha value is -4.21. The molecule has 1 aliphatic rings. The van der Waals surface area contributed by atoms with Crippen LogP contribution in [0.1, 0.15) is 41.7 Å². The van der Waals surface area contributed by atoms with Gasteiger partial charge in [-0.25, -0.2) is 8.78 Å². The minimum atomic E-state index is -2.13. The third kappa shape index (κ3) is 5.79. The standard InChI is InChI=1S/C30H29F2N3O4/c1-18(33)28(37)35(30(39)27(36)21-15-22(31)17-23(32)16-21)26-24(19-9-5-3-6-10-19)13-14-25(34(2)29(26)38)20-11-7-4-8-12-20/h3-18,24-27,36H,33H2,1-2H3/t18-,24+,25-,26-,27-/m0/s1. The molecule has 0 radical (unpaired) electrons. The average molecular weight is 534 g/mol. The molecule has 0 bridgehead atoms. The molecule has 0 fully saturated rings. The van der Waals surface area contributed by atoms with Gasteiger partial charge in [-0.1, -0.05) is 72.8 Å². The van der Waals surface area contributed by atoms with Crippen LogP contribution in [0, 0.1) is 11.6 Å². The van der Waals surface area contributed by atoms with Gasteiger partial charge in [0.15, 0.2) is 6.10 Å². The van der Waals surface area contributed by atoms with Crippen LogP contribution in [0.2, 0.25) is 0 Å². The maximum atomic E-state index is 14.2. The Morgan fingerprint density at radius 1 is 0.897 bits per heavy atom. The first-order valence-electron chi connectivity index (χ1n) is 12.4. The van der Waals surface area contributed by atoms with Gasteiger partial charge in [-0.3, -0.25) is 19.3 Å². The molecule has 3 amide bonds. The van der Waals surface area contributed by atoms with Crippen molar-refractivity contribution in [2.24, 2.45) is 5.73 Å². The van der Waals surface area contributed by atoms with E-state index in [1.165, 1.54) is 11.8 Å². The number of likely N-dealkylation sites (N-methyl/N-ethyl adjacent to an activating group) is 1. The fourth-order valence-electron chi connectivity index (χ4n) is 4.79. The summed E-state index contributed by atoms with van der Waals surface area (Å²) in [7, 11) is 1.56. The summed E-state index contributed by atoms with van der Waals surface area (Å²) in [6.07, 6.45) is 1.44. The first-order valence-corrected chi connectivity index (χ1v) is 12.4. The summed E-state index contributed by atoms with van der Waals surface area (Å²) in [6, 6.07) is 17.1. The number of amides is 3. The van der Waals surface area contributed by atoms with Gasteiger partial charge in [-0.05, 0) is 35.7 Å². The van der Waals surface area contributed by atoms with E-state index in [2.05, 4.69) is 0 Å². The molecular formula is C30H29F2N3O4. The summed E-state index contributed by atoms with van der Waals surface area (Å²) in [6.45, 7) is 1.35. The van der Waals surface area contributed by atoms with Gasteiger partial charge in [-0.15, -0.1) is 0 Å². The van der Waals surface area contributed by atoms with Gasteiger partial charge < -0.3 is 15.7 Å². The Kier molecular flexibility index (Phi) is 8.32. The molecule has 3 aromatic rings. The average Bonchev–Trinajstić information content (AvgIpc) is 3.05. The number of hydrogen-bond donors (Lipinski definition) is 2. The Labute approximate surface area is 225 Å². The summed E-state index contributed by atoms with van der Waals surface area (Å²) >= 11 is 0. The van der Waals surface area contributed by atoms with Crippen molar-refractivity contribution in [3.63, 3.8) is 0 Å². The van der Waals surface area contributed by atoms with Crippen molar-refractivity contribution in [2.45, 2.75) is 37.1 Å². The lowest BCUT2D eigenvalue weighted by Crippen LogP contribution is -2.58. The number of imide groups is 1. The van der Waals surface area contributed by atoms with Crippen LogP contribution < -0.4 is 5.73 Å². The highest BCUT2D eigenvalue weighted by Crippen LogP contribution is 2.36. The van der Waals surface area contributed by atoms with Crippen LogP contribution in [0.4, 0.5) is 8.78 Å². The van der Waals surface area contributed by atoms with Crippen molar-refractivity contribution in [2.75, 3.05) is 7.05 Å². The predicted octanol–water partition coefficient (Wildman–Crippen LogP) is 3.62. The van der Waals surface area contributed by atoms with Gasteiger partial charge in [0.25, 0.3) is 5.91 Å². The zero-order valence-electron chi connectivity index (χ0n) is 21.4. The Bertz CT molecular complexity index is 1360. The Morgan fingerprint density at radius 3 is 1.97 bits per heavy atom. The van der Waals surface area contributed by atoms with Gasteiger partial charge in [0, 0.05) is 19.0 Å². The van der Waals surface area contributed by atoms with Crippen LogP contribution in [0.3, 0.4) is 0 Å². The first-order chi connectivity index (χ1) is 18.6. The lowest BCUT2D eigenvalue weighted by atomic mass is 9.88. The smallest absolute Gasteiger partial charge is 0.263 e. The largest absolute Gasteiger partial charge is 0.378 e. The van der Waals surface area contributed by atoms with E-state index < -0.39 is 65.1 Å². The molecule has 0 unspecified atom stereocenters. The molecule has 3 N–H and O–H groups in total. The van der Waals surface area contributed by atoms with E-state index in [1.807, 2.05) is 36.4 Å². The van der Waals surface area contributed by atoms with E-state index in [-0.39, 0.29) is 0 Å². The van der Waals surface area contributed by atoms with Crippen molar-refractivity contribution in [1.29, 1.82) is 0 Å². The van der Waals surface area contributed by atoms with E-state index in [1.54, 1.807) is 43.5 Å². The zero-order chi connectivity index (χ0) is 28.3. The Morgan fingerprint density at radius 2 is 1.44 bits per heavy atom. The third-order valence-electron chi connectivity index (χ3n) is 6.76. The highest BCUT2D eigenvalue weighted by molar-refractivity contribution is 6.04. The second-order valence-electron chi connectivity index (χ2n) is 9.51. The van der Waals surface area contributed by atoms with E-state index in [4.69, 9.17) is 5.73 Å². The topological polar surface area (TPSA) is 104 Å². The molecule has 0 aliphatic carbocycles. The molecule has 202 valence electrons. The minimum absolute atomic E-state index is 0.400. The van der Waals surface area contributed by atoms with Crippen LogP contribution in [-0.4, -0.2) is 51.8 Å². The molecule has 0 spiro atoms. The molecule has 7 nitrogen and oxygen atoms in total. The van der Waals surface area contributed by atoms with Gasteiger partial charge in [0.2, 0.25) is 11.8 Å². The maximum Gasteiger partial charge on any atom is 0.263 e. The van der Waals surface area contributed by atoms with Crippen LogP contribution >= 0.6 is 0 Å². The highest BCUT2D eigenvalue weighted by Gasteiger charge is 2.46. The molecular weight excluding hydrogens is 504 g/mol. The number of aliphatic hydroxyl groups is 1. The lowest BCUT2D eigenvalue weighted by molar-refractivity contribution is -0.160. The third-order valence-corrected chi connectivity index (χ3v) is 6.76. The molecule has 1 aliphatic heterocycles. The van der Waals surface area contributed by atoms with Crippen LogP contribution in [-0.2, 0) is 14.4 Å². The summed E-state index contributed by atoms with van der Waals surface area (Å²) in [4.78, 5) is 43.5.